The van der Waals surface area contributed by atoms with Crippen LogP contribution in [0.25, 0.3) is 0 Å². The molecule has 18 heavy (non-hydrogen) atoms. The summed E-state index contributed by atoms with van der Waals surface area (Å²) in [7, 11) is 1.70. The van der Waals surface area contributed by atoms with Crippen molar-refractivity contribution in [1.29, 1.82) is 0 Å². The van der Waals surface area contributed by atoms with Crippen LogP contribution in [0, 0.1) is 19.8 Å². The molecule has 0 heterocycles. The van der Waals surface area contributed by atoms with E-state index in [1.165, 1.54) is 11.1 Å². The van der Waals surface area contributed by atoms with Crippen molar-refractivity contribution in [2.24, 2.45) is 11.7 Å². The summed E-state index contributed by atoms with van der Waals surface area (Å²) in [6.45, 7) is 7.04. The van der Waals surface area contributed by atoms with E-state index < -0.39 is 0 Å². The first-order valence-corrected chi connectivity index (χ1v) is 6.49. The molecule has 3 N–H and O–H groups in total. The van der Waals surface area contributed by atoms with Gasteiger partial charge in [0.25, 0.3) is 0 Å². The van der Waals surface area contributed by atoms with Crippen LogP contribution in [0.3, 0.4) is 0 Å². The molecule has 0 spiro atoms. The monoisotopic (exact) mass is 251 g/mol. The molecule has 0 radical (unpaired) electrons. The summed E-state index contributed by atoms with van der Waals surface area (Å²) in [5.41, 5.74) is 9.35. The molecular formula is C15H25NO2. The highest BCUT2D eigenvalue weighted by molar-refractivity contribution is 5.42. The molecule has 3 heteroatoms. The molecule has 2 atom stereocenters. The summed E-state index contributed by atoms with van der Waals surface area (Å²) in [4.78, 5) is 0. The molecule has 1 aromatic rings. The van der Waals surface area contributed by atoms with Gasteiger partial charge >= 0.3 is 0 Å². The van der Waals surface area contributed by atoms with Crippen LogP contribution in [0.5, 0.6) is 5.75 Å². The molecule has 102 valence electrons. The van der Waals surface area contributed by atoms with Gasteiger partial charge in [0.05, 0.1) is 7.11 Å². The normalized spacial score (nSPS) is 14.3. The summed E-state index contributed by atoms with van der Waals surface area (Å²) in [6.07, 6.45) is 0.916. The van der Waals surface area contributed by atoms with Gasteiger partial charge in [0, 0.05) is 6.61 Å². The summed E-state index contributed by atoms with van der Waals surface area (Å²) < 4.78 is 5.32. The van der Waals surface area contributed by atoms with Crippen LogP contribution in [0.2, 0.25) is 0 Å². The number of hydrogen-bond acceptors (Lipinski definition) is 3. The molecule has 0 aliphatic carbocycles. The quantitative estimate of drug-likeness (QED) is 0.816. The Kier molecular flexibility index (Phi) is 5.63. The average molecular weight is 251 g/mol. The minimum atomic E-state index is 0.162. The zero-order chi connectivity index (χ0) is 13.7. The largest absolute Gasteiger partial charge is 0.496 e. The van der Waals surface area contributed by atoms with Gasteiger partial charge in [0.1, 0.15) is 5.75 Å². The molecule has 0 saturated heterocycles. The second-order valence-electron chi connectivity index (χ2n) is 5.10. The zero-order valence-electron chi connectivity index (χ0n) is 11.9. The number of benzene rings is 1. The van der Waals surface area contributed by atoms with E-state index >= 15 is 0 Å². The molecule has 1 rings (SSSR count). The molecule has 0 amide bonds. The molecule has 0 saturated carbocycles. The molecule has 3 nitrogen and oxygen atoms in total. The first kappa shape index (κ1) is 15.0. The number of nitrogens with two attached hydrogens (primary N) is 1. The van der Waals surface area contributed by atoms with Crippen LogP contribution in [0.4, 0.5) is 0 Å². The van der Waals surface area contributed by atoms with E-state index in [-0.39, 0.29) is 12.5 Å². The van der Waals surface area contributed by atoms with Crippen LogP contribution < -0.4 is 10.5 Å². The van der Waals surface area contributed by atoms with Crippen molar-refractivity contribution in [3.8, 4) is 5.75 Å². The molecular weight excluding hydrogens is 226 g/mol. The number of hydrogen-bond donors (Lipinski definition) is 2. The lowest BCUT2D eigenvalue weighted by molar-refractivity contribution is 0.217. The summed E-state index contributed by atoms with van der Waals surface area (Å²) in [5.74, 6) is 1.51. The fourth-order valence-electron chi connectivity index (χ4n) is 2.44. The van der Waals surface area contributed by atoms with Gasteiger partial charge in [-0.2, -0.15) is 0 Å². The lowest BCUT2D eigenvalue weighted by Gasteiger charge is -2.21. The fraction of sp³-hybridized carbons (Fsp3) is 0.600. The Hall–Kier alpha value is -1.06. The molecule has 0 aromatic heterocycles. The third-order valence-electron chi connectivity index (χ3n) is 3.59. The Bertz CT molecular complexity index is 386. The van der Waals surface area contributed by atoms with Gasteiger partial charge in [-0.3, -0.25) is 0 Å². The molecule has 0 aliphatic heterocycles. The predicted molar refractivity (Wildman–Crippen MR) is 75.1 cm³/mol. The fourth-order valence-corrected chi connectivity index (χ4v) is 2.44. The van der Waals surface area contributed by atoms with E-state index in [9.17, 15) is 5.11 Å². The second-order valence-corrected chi connectivity index (χ2v) is 5.10. The third-order valence-corrected chi connectivity index (χ3v) is 3.59. The molecule has 0 aliphatic rings. The van der Waals surface area contributed by atoms with Crippen LogP contribution in [-0.4, -0.2) is 25.4 Å². The first-order valence-electron chi connectivity index (χ1n) is 6.49. The van der Waals surface area contributed by atoms with Crippen LogP contribution in [0.1, 0.15) is 36.0 Å². The van der Waals surface area contributed by atoms with Crippen LogP contribution in [0.15, 0.2) is 12.1 Å². The van der Waals surface area contributed by atoms with Crippen LogP contribution >= 0.6 is 0 Å². The van der Waals surface area contributed by atoms with Crippen molar-refractivity contribution in [3.63, 3.8) is 0 Å². The van der Waals surface area contributed by atoms with Crippen molar-refractivity contribution in [1.82, 2.24) is 0 Å². The van der Waals surface area contributed by atoms with Crippen molar-refractivity contribution in [2.45, 2.75) is 33.1 Å². The van der Waals surface area contributed by atoms with Gasteiger partial charge in [-0.05, 0) is 61.4 Å². The average Bonchev–Trinajstić information content (AvgIpc) is 2.37. The lowest BCUT2D eigenvalue weighted by Crippen LogP contribution is -2.20. The second kappa shape index (κ2) is 6.76. The predicted octanol–water partition coefficient (Wildman–Crippen LogP) is 2.37. The van der Waals surface area contributed by atoms with Crippen molar-refractivity contribution >= 4 is 0 Å². The Morgan fingerprint density at radius 3 is 2.44 bits per heavy atom. The number of aryl methyl sites for hydroxylation is 2. The van der Waals surface area contributed by atoms with Gasteiger partial charge in [0.15, 0.2) is 0 Å². The minimum absolute atomic E-state index is 0.162. The topological polar surface area (TPSA) is 55.5 Å². The standard InChI is InChI=1S/C15H25NO2/c1-10(5-13(8-16)9-17)14-6-12(3)15(18-4)7-11(14)2/h6-7,10,13,17H,5,8-9,16H2,1-4H3. The molecule has 2 unspecified atom stereocenters. The third kappa shape index (κ3) is 3.47. The molecule has 1 aromatic carbocycles. The zero-order valence-corrected chi connectivity index (χ0v) is 11.9. The van der Waals surface area contributed by atoms with E-state index in [0.29, 0.717) is 12.5 Å². The highest BCUT2D eigenvalue weighted by Crippen LogP contribution is 2.30. The van der Waals surface area contributed by atoms with Gasteiger partial charge < -0.3 is 15.6 Å². The Labute approximate surface area is 110 Å². The lowest BCUT2D eigenvalue weighted by atomic mass is 9.87. The van der Waals surface area contributed by atoms with Crippen molar-refractivity contribution in [2.75, 3.05) is 20.3 Å². The SMILES string of the molecule is COc1cc(C)c(C(C)CC(CN)CO)cc1C. The maximum absolute atomic E-state index is 9.23. The first-order chi connectivity index (χ1) is 8.53. The van der Waals surface area contributed by atoms with Crippen molar-refractivity contribution in [3.05, 3.63) is 28.8 Å². The Morgan fingerprint density at radius 2 is 1.94 bits per heavy atom. The number of methoxy groups -OCH3 is 1. The molecule has 0 fully saturated rings. The van der Waals surface area contributed by atoms with E-state index in [2.05, 4.69) is 32.9 Å². The maximum Gasteiger partial charge on any atom is 0.122 e. The van der Waals surface area contributed by atoms with E-state index in [1.807, 2.05) is 0 Å². The van der Waals surface area contributed by atoms with Gasteiger partial charge in [-0.25, -0.2) is 0 Å². The van der Waals surface area contributed by atoms with Crippen molar-refractivity contribution < 1.29 is 9.84 Å². The van der Waals surface area contributed by atoms with E-state index in [4.69, 9.17) is 10.5 Å². The van der Waals surface area contributed by atoms with E-state index in [0.717, 1.165) is 17.7 Å². The minimum Gasteiger partial charge on any atom is -0.496 e. The van der Waals surface area contributed by atoms with Gasteiger partial charge in [-0.1, -0.05) is 13.0 Å². The summed E-state index contributed by atoms with van der Waals surface area (Å²) in [5, 5.41) is 9.23. The van der Waals surface area contributed by atoms with Crippen LogP contribution in [-0.2, 0) is 0 Å². The van der Waals surface area contributed by atoms with Gasteiger partial charge in [0.2, 0.25) is 0 Å². The number of aliphatic hydroxyl groups is 1. The summed E-state index contributed by atoms with van der Waals surface area (Å²) >= 11 is 0. The smallest absolute Gasteiger partial charge is 0.122 e. The Morgan fingerprint density at radius 1 is 1.28 bits per heavy atom. The number of ether oxygens (including phenoxy) is 1. The highest BCUT2D eigenvalue weighted by Gasteiger charge is 2.15. The summed E-state index contributed by atoms with van der Waals surface area (Å²) in [6, 6.07) is 4.27. The highest BCUT2D eigenvalue weighted by atomic mass is 16.5. The number of rotatable bonds is 6. The Balaban J connectivity index is 2.92. The van der Waals surface area contributed by atoms with E-state index in [1.54, 1.807) is 7.11 Å². The number of aliphatic hydroxyl groups excluding tert-OH is 1. The van der Waals surface area contributed by atoms with Gasteiger partial charge in [-0.15, -0.1) is 0 Å². The maximum atomic E-state index is 9.23. The molecule has 0 bridgehead atoms.